The normalized spacial score (nSPS) is 23.6. The van der Waals surface area contributed by atoms with E-state index in [0.29, 0.717) is 36.0 Å². The number of H-pyrrole nitrogens is 1. The van der Waals surface area contributed by atoms with Crippen molar-refractivity contribution in [2.45, 2.75) is 70.1 Å². The Balaban J connectivity index is 1.19. The summed E-state index contributed by atoms with van der Waals surface area (Å²) in [5.41, 5.74) is 3.53. The summed E-state index contributed by atoms with van der Waals surface area (Å²) in [6, 6.07) is 7.51. The number of carbonyl (C=O) groups is 3. The van der Waals surface area contributed by atoms with Gasteiger partial charge < -0.3 is 25.8 Å². The summed E-state index contributed by atoms with van der Waals surface area (Å²) in [5, 5.41) is 10.8. The highest BCUT2D eigenvalue weighted by Gasteiger charge is 2.38. The van der Waals surface area contributed by atoms with Crippen LogP contribution < -0.4 is 16.0 Å². The van der Waals surface area contributed by atoms with Gasteiger partial charge in [0, 0.05) is 53.3 Å². The number of hydrogen-bond donors (Lipinski definition) is 4. The molecule has 0 bridgehead atoms. The van der Waals surface area contributed by atoms with Gasteiger partial charge >= 0.3 is 0 Å². The minimum absolute atomic E-state index is 0.0512. The van der Waals surface area contributed by atoms with Crippen LogP contribution in [0.1, 0.15) is 68.5 Å². The molecule has 200 valence electrons. The molecule has 1 aliphatic heterocycles. The Kier molecular flexibility index (Phi) is 6.69. The van der Waals surface area contributed by atoms with Crippen molar-refractivity contribution in [2.24, 2.45) is 5.92 Å². The highest BCUT2D eigenvalue weighted by molar-refractivity contribution is 7.13. The van der Waals surface area contributed by atoms with Crippen molar-refractivity contribution >= 4 is 40.0 Å². The molecule has 10 heteroatoms. The number of carbonyl (C=O) groups excluding carboxylic acids is 3. The number of rotatable bonds is 6. The van der Waals surface area contributed by atoms with Crippen molar-refractivity contribution in [2.75, 3.05) is 13.6 Å². The first-order valence-corrected chi connectivity index (χ1v) is 14.3. The number of fused-ring (bicyclic) bond motifs is 2. The molecule has 2 saturated carbocycles. The van der Waals surface area contributed by atoms with Crippen molar-refractivity contribution in [3.8, 4) is 0 Å². The Bertz CT molecular complexity index is 1390. The van der Waals surface area contributed by atoms with E-state index >= 15 is 0 Å². The molecule has 3 heterocycles. The molecule has 0 unspecified atom stereocenters. The molecule has 3 atom stereocenters. The Morgan fingerprint density at radius 1 is 1.03 bits per heavy atom. The van der Waals surface area contributed by atoms with Gasteiger partial charge in [-0.1, -0.05) is 11.6 Å². The molecule has 38 heavy (non-hydrogen) atoms. The average molecular weight is 535 g/mol. The second-order valence-corrected chi connectivity index (χ2v) is 12.2. The van der Waals surface area contributed by atoms with E-state index in [4.69, 9.17) is 0 Å². The van der Waals surface area contributed by atoms with Gasteiger partial charge in [0.05, 0.1) is 11.7 Å². The third-order valence-electron chi connectivity index (χ3n) is 7.92. The summed E-state index contributed by atoms with van der Waals surface area (Å²) in [7, 11) is 2.07. The fraction of sp³-hybridized carbons (Fsp3) is 0.500. The maximum atomic E-state index is 13.3. The SMILES string of the molecule is Cc1ccc2[nH]c(C(=O)N[C@H]3CC[C@H](C(=O)NC4CC4)C[C@H]3NC(=O)c3nc4c(s3)CN(C)CC4)cc2c1. The Morgan fingerprint density at radius 2 is 1.84 bits per heavy atom. The number of likely N-dealkylation sites (N-methyl/N-ethyl adjacent to an activating group) is 1. The summed E-state index contributed by atoms with van der Waals surface area (Å²) in [6.45, 7) is 3.75. The van der Waals surface area contributed by atoms with E-state index in [-0.39, 0.29) is 35.7 Å². The highest BCUT2D eigenvalue weighted by atomic mass is 32.1. The van der Waals surface area contributed by atoms with E-state index in [1.807, 2.05) is 31.2 Å². The van der Waals surface area contributed by atoms with E-state index in [9.17, 15) is 14.4 Å². The number of nitrogens with one attached hydrogen (secondary N) is 4. The number of aryl methyl sites for hydroxylation is 1. The zero-order chi connectivity index (χ0) is 26.4. The smallest absolute Gasteiger partial charge is 0.280 e. The third kappa shape index (κ3) is 5.33. The predicted molar refractivity (Wildman–Crippen MR) is 146 cm³/mol. The maximum absolute atomic E-state index is 13.3. The van der Waals surface area contributed by atoms with Gasteiger partial charge in [-0.3, -0.25) is 14.4 Å². The fourth-order valence-corrected chi connectivity index (χ4v) is 6.65. The Labute approximate surface area is 225 Å². The number of aromatic amines is 1. The van der Waals surface area contributed by atoms with Gasteiger partial charge in [0.2, 0.25) is 5.91 Å². The van der Waals surface area contributed by atoms with Crippen LogP contribution in [-0.2, 0) is 17.8 Å². The lowest BCUT2D eigenvalue weighted by atomic mass is 9.81. The number of nitrogens with zero attached hydrogens (tertiary/aromatic N) is 2. The number of benzene rings is 1. The van der Waals surface area contributed by atoms with Crippen molar-refractivity contribution in [3.63, 3.8) is 0 Å². The van der Waals surface area contributed by atoms with Crippen LogP contribution in [0.3, 0.4) is 0 Å². The lowest BCUT2D eigenvalue weighted by molar-refractivity contribution is -0.126. The molecule has 6 rings (SSSR count). The van der Waals surface area contributed by atoms with E-state index in [1.54, 1.807) is 0 Å². The van der Waals surface area contributed by atoms with Crippen LogP contribution in [-0.4, -0.2) is 64.3 Å². The minimum atomic E-state index is -0.370. The molecular formula is C28H34N6O3S. The summed E-state index contributed by atoms with van der Waals surface area (Å²) in [6.07, 6.45) is 4.66. The number of hydrogen-bond acceptors (Lipinski definition) is 6. The molecule has 2 fully saturated rings. The minimum Gasteiger partial charge on any atom is -0.353 e. The third-order valence-corrected chi connectivity index (χ3v) is 9.00. The van der Waals surface area contributed by atoms with Crippen LogP contribution in [0.5, 0.6) is 0 Å². The molecule has 1 aromatic carbocycles. The summed E-state index contributed by atoms with van der Waals surface area (Å²) < 4.78 is 0. The van der Waals surface area contributed by atoms with Gasteiger partial charge in [-0.25, -0.2) is 4.98 Å². The van der Waals surface area contributed by atoms with Crippen LogP contribution >= 0.6 is 11.3 Å². The van der Waals surface area contributed by atoms with Gasteiger partial charge in [0.25, 0.3) is 11.8 Å². The van der Waals surface area contributed by atoms with Crippen LogP contribution in [0.2, 0.25) is 0 Å². The molecule has 9 nitrogen and oxygen atoms in total. The van der Waals surface area contributed by atoms with Crippen molar-refractivity contribution in [1.29, 1.82) is 0 Å². The van der Waals surface area contributed by atoms with Gasteiger partial charge in [-0.15, -0.1) is 11.3 Å². The van der Waals surface area contributed by atoms with Gasteiger partial charge in [-0.05, 0) is 64.3 Å². The first-order chi connectivity index (χ1) is 18.3. The number of amides is 3. The van der Waals surface area contributed by atoms with E-state index in [0.717, 1.165) is 59.4 Å². The maximum Gasteiger partial charge on any atom is 0.280 e. The van der Waals surface area contributed by atoms with Crippen molar-refractivity contribution in [1.82, 2.24) is 30.8 Å². The average Bonchev–Trinajstić information content (AvgIpc) is 3.43. The molecule has 2 aliphatic carbocycles. The molecule has 3 aromatic rings. The van der Waals surface area contributed by atoms with Crippen LogP contribution in [0, 0.1) is 12.8 Å². The highest BCUT2D eigenvalue weighted by Crippen LogP contribution is 2.29. The molecular weight excluding hydrogens is 500 g/mol. The zero-order valence-corrected chi connectivity index (χ0v) is 22.6. The Morgan fingerprint density at radius 3 is 2.66 bits per heavy atom. The lowest BCUT2D eigenvalue weighted by Crippen LogP contribution is -2.56. The largest absolute Gasteiger partial charge is 0.353 e. The summed E-state index contributed by atoms with van der Waals surface area (Å²) >= 11 is 1.44. The van der Waals surface area contributed by atoms with E-state index in [1.165, 1.54) is 11.3 Å². The topological polar surface area (TPSA) is 119 Å². The molecule has 0 radical (unpaired) electrons. The van der Waals surface area contributed by atoms with Crippen molar-refractivity contribution in [3.05, 3.63) is 51.1 Å². The molecule has 3 amide bonds. The first-order valence-electron chi connectivity index (χ1n) is 13.5. The standard InChI is InChI=1S/C28H34N6O3S/c1-15-3-7-19-17(11-15)13-23(30-19)26(36)31-20-8-4-16(25(35)29-18-5-6-18)12-22(20)32-27(37)28-33-21-9-10-34(2)14-24(21)38-28/h3,7,11,13,16,18,20,22,30H,4-6,8-10,12,14H2,1-2H3,(H,29,35)(H,31,36)(H,32,37)/t16-,20-,22+/m0/s1. The fourth-order valence-electron chi connectivity index (χ4n) is 5.56. The van der Waals surface area contributed by atoms with Crippen LogP contribution in [0.15, 0.2) is 24.3 Å². The first kappa shape index (κ1) is 25.1. The summed E-state index contributed by atoms with van der Waals surface area (Å²) in [4.78, 5) is 50.6. The van der Waals surface area contributed by atoms with Crippen LogP contribution in [0.25, 0.3) is 10.9 Å². The van der Waals surface area contributed by atoms with Gasteiger partial charge in [0.1, 0.15) is 5.69 Å². The quantitative estimate of drug-likeness (QED) is 0.388. The molecule has 3 aliphatic rings. The predicted octanol–water partition coefficient (Wildman–Crippen LogP) is 2.90. The molecule has 4 N–H and O–H groups in total. The lowest BCUT2D eigenvalue weighted by Gasteiger charge is -2.36. The number of aromatic nitrogens is 2. The summed E-state index contributed by atoms with van der Waals surface area (Å²) in [5.74, 6) is -0.587. The van der Waals surface area contributed by atoms with Gasteiger partial charge in [0.15, 0.2) is 5.01 Å². The van der Waals surface area contributed by atoms with Crippen LogP contribution in [0.4, 0.5) is 0 Å². The Hall–Kier alpha value is -3.24. The molecule has 0 saturated heterocycles. The molecule has 0 spiro atoms. The van der Waals surface area contributed by atoms with E-state index in [2.05, 4.69) is 37.9 Å². The van der Waals surface area contributed by atoms with Crippen molar-refractivity contribution < 1.29 is 14.4 Å². The monoisotopic (exact) mass is 534 g/mol. The van der Waals surface area contributed by atoms with E-state index < -0.39 is 0 Å². The second kappa shape index (κ2) is 10.1. The second-order valence-electron chi connectivity index (χ2n) is 11.1. The van der Waals surface area contributed by atoms with Gasteiger partial charge in [-0.2, -0.15) is 0 Å². The molecule has 2 aromatic heterocycles. The number of thiazole rings is 1. The zero-order valence-electron chi connectivity index (χ0n) is 21.8.